The fraction of sp³-hybridized carbons (Fsp3) is 0.0909. The second-order valence-corrected chi connectivity index (χ2v) is 7.00. The molecule has 0 bridgehead atoms. The van der Waals surface area contributed by atoms with Gasteiger partial charge in [0.05, 0.1) is 4.92 Å². The Morgan fingerprint density at radius 1 is 1.17 bits per heavy atom. The third kappa shape index (κ3) is 4.40. The highest BCUT2D eigenvalue weighted by Crippen LogP contribution is 2.24. The molecule has 150 valence electrons. The van der Waals surface area contributed by atoms with E-state index in [1.54, 1.807) is 36.4 Å². The highest BCUT2D eigenvalue weighted by atomic mass is 35.5. The van der Waals surface area contributed by atoms with Gasteiger partial charge >= 0.3 is 0 Å². The van der Waals surface area contributed by atoms with E-state index in [0.717, 1.165) is 17.1 Å². The number of carbonyl (C=O) groups is 1. The van der Waals surface area contributed by atoms with Gasteiger partial charge in [0.1, 0.15) is 11.6 Å². The molecular weight excluding hydrogens is 404 g/mol. The molecule has 3 aromatic rings. The standard InChI is InChI=1S/C22H17ClN4O3/c1-14-11-16(15(2)26(14)20-7-9-21(10-8-20)27(29)30)12-17(13-24)22(28)25-19-5-3-18(23)4-6-19/h3-12H,1-2H3,(H,25,28)/b17-12+. The van der Waals surface area contributed by atoms with Crippen LogP contribution in [-0.4, -0.2) is 15.4 Å². The lowest BCUT2D eigenvalue weighted by Gasteiger charge is -2.09. The molecule has 0 unspecified atom stereocenters. The smallest absolute Gasteiger partial charge is 0.269 e. The largest absolute Gasteiger partial charge is 0.321 e. The zero-order valence-electron chi connectivity index (χ0n) is 16.2. The Kier molecular flexibility index (Phi) is 6.00. The van der Waals surface area contributed by atoms with Crippen LogP contribution in [0.15, 0.2) is 60.2 Å². The summed E-state index contributed by atoms with van der Waals surface area (Å²) in [6, 6.07) is 16.6. The quantitative estimate of drug-likeness (QED) is 0.265. The minimum Gasteiger partial charge on any atom is -0.321 e. The molecule has 0 aliphatic carbocycles. The highest BCUT2D eigenvalue weighted by molar-refractivity contribution is 6.30. The minimum absolute atomic E-state index is 0.00645. The first-order chi connectivity index (χ1) is 14.3. The molecule has 2 aromatic carbocycles. The van der Waals surface area contributed by atoms with Crippen molar-refractivity contribution in [1.82, 2.24) is 4.57 Å². The van der Waals surface area contributed by atoms with E-state index in [9.17, 15) is 20.2 Å². The Morgan fingerprint density at radius 2 is 1.80 bits per heavy atom. The molecule has 0 fully saturated rings. The topological polar surface area (TPSA) is 101 Å². The third-order valence-electron chi connectivity index (χ3n) is 4.56. The summed E-state index contributed by atoms with van der Waals surface area (Å²) >= 11 is 5.84. The number of nitrogens with zero attached hydrogens (tertiary/aromatic N) is 3. The molecule has 1 N–H and O–H groups in total. The molecule has 3 rings (SSSR count). The van der Waals surface area contributed by atoms with Crippen molar-refractivity contribution < 1.29 is 9.72 Å². The van der Waals surface area contributed by atoms with Crippen LogP contribution in [0.5, 0.6) is 0 Å². The van der Waals surface area contributed by atoms with E-state index < -0.39 is 10.8 Å². The fourth-order valence-corrected chi connectivity index (χ4v) is 3.22. The van der Waals surface area contributed by atoms with Crippen LogP contribution in [0.2, 0.25) is 5.02 Å². The van der Waals surface area contributed by atoms with Crippen LogP contribution in [0.4, 0.5) is 11.4 Å². The average Bonchev–Trinajstić information content (AvgIpc) is 3.00. The molecular formula is C22H17ClN4O3. The summed E-state index contributed by atoms with van der Waals surface area (Å²) in [6.07, 6.45) is 1.52. The van der Waals surface area contributed by atoms with Gasteiger partial charge in [-0.2, -0.15) is 5.26 Å². The first-order valence-corrected chi connectivity index (χ1v) is 9.30. The Morgan fingerprint density at radius 3 is 2.37 bits per heavy atom. The average molecular weight is 421 g/mol. The fourth-order valence-electron chi connectivity index (χ4n) is 3.09. The van der Waals surface area contributed by atoms with Crippen LogP contribution in [0.25, 0.3) is 11.8 Å². The number of halogens is 1. The maximum Gasteiger partial charge on any atom is 0.269 e. The van der Waals surface area contributed by atoms with Crippen LogP contribution >= 0.6 is 11.6 Å². The van der Waals surface area contributed by atoms with Crippen molar-refractivity contribution >= 4 is 35.0 Å². The van der Waals surface area contributed by atoms with Crippen molar-refractivity contribution in [3.63, 3.8) is 0 Å². The zero-order chi connectivity index (χ0) is 21.8. The maximum absolute atomic E-state index is 12.5. The SMILES string of the molecule is Cc1cc(/C=C(\C#N)C(=O)Nc2ccc(Cl)cc2)c(C)n1-c1ccc([N+](=O)[O-])cc1. The van der Waals surface area contributed by atoms with E-state index in [-0.39, 0.29) is 11.3 Å². The van der Waals surface area contributed by atoms with Crippen molar-refractivity contribution in [1.29, 1.82) is 5.26 Å². The second kappa shape index (κ2) is 8.64. The van der Waals surface area contributed by atoms with Crippen LogP contribution in [0.1, 0.15) is 17.0 Å². The molecule has 1 amide bonds. The van der Waals surface area contributed by atoms with E-state index in [4.69, 9.17) is 11.6 Å². The molecule has 1 aromatic heterocycles. The van der Waals surface area contributed by atoms with Crippen LogP contribution in [0, 0.1) is 35.3 Å². The van der Waals surface area contributed by atoms with Crippen molar-refractivity contribution in [2.45, 2.75) is 13.8 Å². The number of amides is 1. The molecule has 0 atom stereocenters. The van der Waals surface area contributed by atoms with Gasteiger partial charge in [-0.1, -0.05) is 11.6 Å². The molecule has 0 spiro atoms. The lowest BCUT2D eigenvalue weighted by Crippen LogP contribution is -2.13. The van der Waals surface area contributed by atoms with Crippen molar-refractivity contribution in [3.05, 3.63) is 92.3 Å². The molecule has 0 saturated heterocycles. The van der Waals surface area contributed by atoms with Gasteiger partial charge in [-0.05, 0) is 68.0 Å². The molecule has 0 radical (unpaired) electrons. The van der Waals surface area contributed by atoms with Gasteiger partial charge in [0.15, 0.2) is 0 Å². The summed E-state index contributed by atoms with van der Waals surface area (Å²) in [5, 5.41) is 23.6. The van der Waals surface area contributed by atoms with Crippen molar-refractivity contribution in [2.75, 3.05) is 5.32 Å². The summed E-state index contributed by atoms with van der Waals surface area (Å²) in [4.78, 5) is 22.9. The van der Waals surface area contributed by atoms with E-state index in [1.807, 2.05) is 30.6 Å². The number of nitriles is 1. The predicted molar refractivity (Wildman–Crippen MR) is 116 cm³/mol. The Hall–Kier alpha value is -3.89. The number of benzene rings is 2. The second-order valence-electron chi connectivity index (χ2n) is 6.57. The minimum atomic E-state index is -0.528. The Bertz CT molecular complexity index is 1190. The van der Waals surface area contributed by atoms with Crippen LogP contribution < -0.4 is 5.32 Å². The van der Waals surface area contributed by atoms with Gasteiger partial charge in [-0.3, -0.25) is 14.9 Å². The number of anilines is 1. The molecule has 7 nitrogen and oxygen atoms in total. The third-order valence-corrected chi connectivity index (χ3v) is 4.81. The first-order valence-electron chi connectivity index (χ1n) is 8.92. The summed E-state index contributed by atoms with van der Waals surface area (Å²) < 4.78 is 1.90. The molecule has 0 aliphatic rings. The summed E-state index contributed by atoms with van der Waals surface area (Å²) in [5.74, 6) is -0.528. The lowest BCUT2D eigenvalue weighted by atomic mass is 10.1. The number of rotatable bonds is 5. The van der Waals surface area contributed by atoms with Gasteiger partial charge in [0, 0.05) is 39.9 Å². The number of nitro benzene ring substituents is 1. The normalized spacial score (nSPS) is 11.1. The number of carbonyl (C=O) groups excluding carboxylic acids is 1. The van der Waals surface area contributed by atoms with Crippen molar-refractivity contribution in [3.8, 4) is 11.8 Å². The number of nitro groups is 1. The van der Waals surface area contributed by atoms with E-state index in [0.29, 0.717) is 16.3 Å². The van der Waals surface area contributed by atoms with Gasteiger partial charge < -0.3 is 9.88 Å². The number of aryl methyl sites for hydroxylation is 1. The zero-order valence-corrected chi connectivity index (χ0v) is 17.0. The van der Waals surface area contributed by atoms with Crippen LogP contribution in [-0.2, 0) is 4.79 Å². The van der Waals surface area contributed by atoms with Gasteiger partial charge in [-0.15, -0.1) is 0 Å². The lowest BCUT2D eigenvalue weighted by molar-refractivity contribution is -0.384. The maximum atomic E-state index is 12.5. The van der Waals surface area contributed by atoms with E-state index in [2.05, 4.69) is 5.32 Å². The molecule has 8 heteroatoms. The molecule has 0 saturated carbocycles. The number of hydrogen-bond acceptors (Lipinski definition) is 4. The summed E-state index contributed by atoms with van der Waals surface area (Å²) in [6.45, 7) is 3.73. The number of nitrogens with one attached hydrogen (secondary N) is 1. The number of hydrogen-bond donors (Lipinski definition) is 1. The molecule has 30 heavy (non-hydrogen) atoms. The summed E-state index contributed by atoms with van der Waals surface area (Å²) in [7, 11) is 0. The highest BCUT2D eigenvalue weighted by Gasteiger charge is 2.15. The number of aromatic nitrogens is 1. The Balaban J connectivity index is 1.91. The predicted octanol–water partition coefficient (Wildman–Crippen LogP) is 5.20. The van der Waals surface area contributed by atoms with Gasteiger partial charge in [-0.25, -0.2) is 0 Å². The van der Waals surface area contributed by atoms with Gasteiger partial charge in [0.25, 0.3) is 11.6 Å². The van der Waals surface area contributed by atoms with E-state index in [1.165, 1.54) is 18.2 Å². The van der Waals surface area contributed by atoms with Crippen LogP contribution in [0.3, 0.4) is 0 Å². The number of non-ortho nitro benzene ring substituents is 1. The van der Waals surface area contributed by atoms with Gasteiger partial charge in [0.2, 0.25) is 0 Å². The van der Waals surface area contributed by atoms with E-state index >= 15 is 0 Å². The molecule has 1 heterocycles. The molecule has 0 aliphatic heterocycles. The Labute approximate surface area is 178 Å². The first kappa shape index (κ1) is 20.8. The van der Waals surface area contributed by atoms with Crippen molar-refractivity contribution in [2.24, 2.45) is 0 Å². The monoisotopic (exact) mass is 420 g/mol. The summed E-state index contributed by atoms with van der Waals surface area (Å²) in [5.41, 5.74) is 3.60.